The van der Waals surface area contributed by atoms with E-state index in [9.17, 15) is 4.39 Å². The SMILES string of the molecule is Cc1cc(CN)c(C)c(F)c1Cl. The summed E-state index contributed by atoms with van der Waals surface area (Å²) < 4.78 is 13.3. The van der Waals surface area contributed by atoms with Crippen LogP contribution in [0, 0.1) is 19.7 Å². The summed E-state index contributed by atoms with van der Waals surface area (Å²) in [7, 11) is 0. The van der Waals surface area contributed by atoms with E-state index in [1.54, 1.807) is 13.8 Å². The van der Waals surface area contributed by atoms with Crippen molar-refractivity contribution >= 4 is 11.6 Å². The highest BCUT2D eigenvalue weighted by Gasteiger charge is 2.09. The maximum absolute atomic E-state index is 13.3. The fraction of sp³-hybridized carbons (Fsp3) is 0.333. The third-order valence-corrected chi connectivity index (χ3v) is 2.42. The topological polar surface area (TPSA) is 26.0 Å². The Morgan fingerprint density at radius 1 is 1.50 bits per heavy atom. The average Bonchev–Trinajstić information content (AvgIpc) is 2.08. The highest BCUT2D eigenvalue weighted by atomic mass is 35.5. The Hall–Kier alpha value is -0.600. The quantitative estimate of drug-likeness (QED) is 0.719. The van der Waals surface area contributed by atoms with E-state index in [-0.39, 0.29) is 10.8 Å². The number of hydrogen-bond acceptors (Lipinski definition) is 1. The maximum Gasteiger partial charge on any atom is 0.145 e. The van der Waals surface area contributed by atoms with E-state index in [4.69, 9.17) is 17.3 Å². The van der Waals surface area contributed by atoms with Gasteiger partial charge in [0.05, 0.1) is 5.02 Å². The lowest BCUT2D eigenvalue weighted by Gasteiger charge is -2.08. The van der Waals surface area contributed by atoms with Crippen molar-refractivity contribution in [2.45, 2.75) is 20.4 Å². The van der Waals surface area contributed by atoms with Gasteiger partial charge >= 0.3 is 0 Å². The predicted molar refractivity (Wildman–Crippen MR) is 48.8 cm³/mol. The van der Waals surface area contributed by atoms with Crippen LogP contribution >= 0.6 is 11.6 Å². The van der Waals surface area contributed by atoms with Crippen molar-refractivity contribution in [1.82, 2.24) is 0 Å². The number of aryl methyl sites for hydroxylation is 1. The van der Waals surface area contributed by atoms with Crippen LogP contribution < -0.4 is 5.73 Å². The number of benzene rings is 1. The third kappa shape index (κ3) is 1.45. The Morgan fingerprint density at radius 2 is 2.08 bits per heavy atom. The van der Waals surface area contributed by atoms with Crippen molar-refractivity contribution in [3.8, 4) is 0 Å². The van der Waals surface area contributed by atoms with E-state index in [1.807, 2.05) is 6.07 Å². The molecule has 66 valence electrons. The summed E-state index contributed by atoms with van der Waals surface area (Å²) in [5.74, 6) is -0.350. The van der Waals surface area contributed by atoms with Crippen LogP contribution in [0.15, 0.2) is 6.07 Å². The lowest BCUT2D eigenvalue weighted by molar-refractivity contribution is 0.614. The molecule has 2 N–H and O–H groups in total. The molecule has 0 heterocycles. The first-order valence-electron chi connectivity index (χ1n) is 3.72. The lowest BCUT2D eigenvalue weighted by Crippen LogP contribution is -2.02. The van der Waals surface area contributed by atoms with Gasteiger partial charge in [-0.25, -0.2) is 4.39 Å². The summed E-state index contributed by atoms with van der Waals surface area (Å²) >= 11 is 5.70. The minimum absolute atomic E-state index is 0.199. The van der Waals surface area contributed by atoms with Crippen molar-refractivity contribution in [2.75, 3.05) is 0 Å². The molecular weight excluding hydrogens is 177 g/mol. The zero-order chi connectivity index (χ0) is 9.30. The van der Waals surface area contributed by atoms with Crippen molar-refractivity contribution < 1.29 is 4.39 Å². The molecule has 1 aromatic rings. The molecule has 0 saturated carbocycles. The fourth-order valence-electron chi connectivity index (χ4n) is 1.12. The van der Waals surface area contributed by atoms with Crippen molar-refractivity contribution in [3.63, 3.8) is 0 Å². The Morgan fingerprint density at radius 3 is 2.58 bits per heavy atom. The smallest absolute Gasteiger partial charge is 0.145 e. The summed E-state index contributed by atoms with van der Waals surface area (Å²) in [5, 5.41) is 0.199. The average molecular weight is 188 g/mol. The van der Waals surface area contributed by atoms with Gasteiger partial charge in [-0.15, -0.1) is 0 Å². The molecule has 0 saturated heterocycles. The zero-order valence-electron chi connectivity index (χ0n) is 7.12. The third-order valence-electron chi connectivity index (χ3n) is 1.96. The van der Waals surface area contributed by atoms with E-state index in [2.05, 4.69) is 0 Å². The van der Waals surface area contributed by atoms with Gasteiger partial charge in [0, 0.05) is 6.54 Å². The number of hydrogen-bond donors (Lipinski definition) is 1. The zero-order valence-corrected chi connectivity index (χ0v) is 7.87. The first-order valence-corrected chi connectivity index (χ1v) is 4.10. The van der Waals surface area contributed by atoms with Crippen LogP contribution in [-0.2, 0) is 6.54 Å². The van der Waals surface area contributed by atoms with Gasteiger partial charge in [-0.1, -0.05) is 17.7 Å². The van der Waals surface area contributed by atoms with Crippen LogP contribution in [0.4, 0.5) is 4.39 Å². The van der Waals surface area contributed by atoms with E-state index >= 15 is 0 Å². The Balaban J connectivity index is 3.39. The van der Waals surface area contributed by atoms with Crippen LogP contribution in [0.25, 0.3) is 0 Å². The van der Waals surface area contributed by atoms with Crippen LogP contribution in [0.3, 0.4) is 0 Å². The first-order chi connectivity index (χ1) is 5.57. The summed E-state index contributed by atoms with van der Waals surface area (Å²) in [6.07, 6.45) is 0. The molecule has 0 atom stereocenters. The lowest BCUT2D eigenvalue weighted by atomic mass is 10.1. The van der Waals surface area contributed by atoms with Crippen LogP contribution in [0.2, 0.25) is 5.02 Å². The summed E-state index contributed by atoms with van der Waals surface area (Å²) in [5.41, 5.74) is 7.53. The van der Waals surface area contributed by atoms with Gasteiger partial charge in [0.1, 0.15) is 5.82 Å². The van der Waals surface area contributed by atoms with E-state index in [0.717, 1.165) is 11.1 Å². The molecule has 12 heavy (non-hydrogen) atoms. The summed E-state index contributed by atoms with van der Waals surface area (Å²) in [6, 6.07) is 1.82. The van der Waals surface area contributed by atoms with E-state index in [0.29, 0.717) is 12.1 Å². The second kappa shape index (κ2) is 3.42. The Kier molecular flexibility index (Phi) is 2.70. The summed E-state index contributed by atoms with van der Waals surface area (Å²) in [6.45, 7) is 3.80. The van der Waals surface area contributed by atoms with Crippen molar-refractivity contribution in [3.05, 3.63) is 33.6 Å². The fourth-order valence-corrected chi connectivity index (χ4v) is 1.32. The number of nitrogens with two attached hydrogens (primary N) is 1. The van der Waals surface area contributed by atoms with Crippen LogP contribution in [0.5, 0.6) is 0 Å². The van der Waals surface area contributed by atoms with Gasteiger partial charge in [0.25, 0.3) is 0 Å². The molecule has 0 radical (unpaired) electrons. The van der Waals surface area contributed by atoms with Crippen LogP contribution in [-0.4, -0.2) is 0 Å². The van der Waals surface area contributed by atoms with Crippen LogP contribution in [0.1, 0.15) is 16.7 Å². The normalized spacial score (nSPS) is 10.4. The van der Waals surface area contributed by atoms with E-state index in [1.165, 1.54) is 0 Å². The molecule has 0 aliphatic heterocycles. The van der Waals surface area contributed by atoms with Gasteiger partial charge in [0.15, 0.2) is 0 Å². The van der Waals surface area contributed by atoms with Crippen molar-refractivity contribution in [2.24, 2.45) is 5.73 Å². The van der Waals surface area contributed by atoms with Gasteiger partial charge in [-0.3, -0.25) is 0 Å². The number of halogens is 2. The number of rotatable bonds is 1. The van der Waals surface area contributed by atoms with Gasteiger partial charge < -0.3 is 5.73 Å². The molecule has 0 aromatic heterocycles. The second-order valence-electron chi connectivity index (χ2n) is 2.81. The van der Waals surface area contributed by atoms with Crippen molar-refractivity contribution in [1.29, 1.82) is 0 Å². The molecule has 3 heteroatoms. The Labute approximate surface area is 76.3 Å². The Bertz CT molecular complexity index is 310. The molecule has 0 fully saturated rings. The highest BCUT2D eigenvalue weighted by Crippen LogP contribution is 2.24. The molecule has 0 unspecified atom stereocenters. The minimum Gasteiger partial charge on any atom is -0.326 e. The van der Waals surface area contributed by atoms with Gasteiger partial charge in [0.2, 0.25) is 0 Å². The maximum atomic E-state index is 13.3. The molecule has 1 nitrogen and oxygen atoms in total. The monoisotopic (exact) mass is 187 g/mol. The van der Waals surface area contributed by atoms with Gasteiger partial charge in [-0.2, -0.15) is 0 Å². The second-order valence-corrected chi connectivity index (χ2v) is 3.19. The molecule has 1 aromatic carbocycles. The molecule has 0 aliphatic rings. The van der Waals surface area contributed by atoms with E-state index < -0.39 is 0 Å². The first kappa shape index (κ1) is 9.49. The largest absolute Gasteiger partial charge is 0.326 e. The molecule has 0 spiro atoms. The minimum atomic E-state index is -0.350. The highest BCUT2D eigenvalue weighted by molar-refractivity contribution is 6.31. The standard InChI is InChI=1S/C9H11ClFN/c1-5-3-7(4-12)6(2)9(11)8(5)10/h3H,4,12H2,1-2H3. The van der Waals surface area contributed by atoms with Gasteiger partial charge in [-0.05, 0) is 30.5 Å². The molecule has 1 rings (SSSR count). The molecule has 0 aliphatic carbocycles. The summed E-state index contributed by atoms with van der Waals surface area (Å²) in [4.78, 5) is 0. The molecule has 0 amide bonds. The molecule has 0 bridgehead atoms. The predicted octanol–water partition coefficient (Wildman–Crippen LogP) is 2.55. The molecular formula is C9H11ClFN.